The van der Waals surface area contributed by atoms with Crippen LogP contribution in [0.15, 0.2) is 21.4 Å². The Morgan fingerprint density at radius 3 is 2.75 bits per heavy atom. The van der Waals surface area contributed by atoms with Crippen molar-refractivity contribution < 1.29 is 18.7 Å². The summed E-state index contributed by atoms with van der Waals surface area (Å²) in [7, 11) is 2.50. The number of hydrogen-bond donors (Lipinski definition) is 0. The molecule has 0 bridgehead atoms. The molecule has 0 amide bonds. The third kappa shape index (κ3) is 2.38. The van der Waals surface area contributed by atoms with Crippen molar-refractivity contribution in [2.24, 2.45) is 0 Å². The van der Waals surface area contributed by atoms with Crippen molar-refractivity contribution in [2.45, 2.75) is 6.54 Å². The average Bonchev–Trinajstić information content (AvgIpc) is 2.45. The summed E-state index contributed by atoms with van der Waals surface area (Å²) in [5.41, 5.74) is -0.599. The number of aromatic nitrogens is 2. The third-order valence-electron chi connectivity index (χ3n) is 2.68. The van der Waals surface area contributed by atoms with Gasteiger partial charge < -0.3 is 9.47 Å². The molecule has 0 unspecified atom stereocenters. The fourth-order valence-electron chi connectivity index (χ4n) is 1.72. The average molecular weight is 345 g/mol. The SMILES string of the molecule is COC(=O)Cn1nc(OC)c2c(F)c(Br)ccc2c1=O. The molecule has 106 valence electrons. The number of carbonyl (C=O) groups is 1. The highest BCUT2D eigenvalue weighted by Crippen LogP contribution is 2.28. The van der Waals surface area contributed by atoms with Gasteiger partial charge in [-0.05, 0) is 28.1 Å². The van der Waals surface area contributed by atoms with Crippen LogP contribution in [-0.4, -0.2) is 30.0 Å². The highest BCUT2D eigenvalue weighted by molar-refractivity contribution is 9.10. The monoisotopic (exact) mass is 344 g/mol. The highest BCUT2D eigenvalue weighted by atomic mass is 79.9. The molecule has 0 aliphatic heterocycles. The summed E-state index contributed by atoms with van der Waals surface area (Å²) in [6, 6.07) is 2.84. The van der Waals surface area contributed by atoms with Crippen LogP contribution < -0.4 is 10.3 Å². The van der Waals surface area contributed by atoms with E-state index in [-0.39, 0.29) is 27.7 Å². The minimum absolute atomic E-state index is 0.0343. The first kappa shape index (κ1) is 14.4. The van der Waals surface area contributed by atoms with E-state index in [0.29, 0.717) is 0 Å². The number of rotatable bonds is 3. The second-order valence-corrected chi connectivity index (χ2v) is 4.69. The predicted octanol–water partition coefficient (Wildman–Crippen LogP) is 1.48. The van der Waals surface area contributed by atoms with Gasteiger partial charge in [0, 0.05) is 0 Å². The minimum Gasteiger partial charge on any atom is -0.479 e. The van der Waals surface area contributed by atoms with E-state index in [4.69, 9.17) is 4.74 Å². The smallest absolute Gasteiger partial charge is 0.327 e. The maximum atomic E-state index is 14.1. The Morgan fingerprint density at radius 2 is 2.15 bits per heavy atom. The molecule has 2 aromatic rings. The van der Waals surface area contributed by atoms with Gasteiger partial charge in [-0.15, -0.1) is 5.10 Å². The molecule has 6 nitrogen and oxygen atoms in total. The molecule has 0 saturated carbocycles. The Kier molecular flexibility index (Phi) is 4.03. The van der Waals surface area contributed by atoms with Gasteiger partial charge in [0.2, 0.25) is 5.88 Å². The zero-order valence-electron chi connectivity index (χ0n) is 10.6. The van der Waals surface area contributed by atoms with E-state index in [2.05, 4.69) is 25.8 Å². The Bertz CT molecular complexity index is 744. The van der Waals surface area contributed by atoms with E-state index < -0.39 is 17.3 Å². The summed E-state index contributed by atoms with van der Waals surface area (Å²) in [6.07, 6.45) is 0. The summed E-state index contributed by atoms with van der Waals surface area (Å²) in [5, 5.41) is 3.87. The predicted molar refractivity (Wildman–Crippen MR) is 72.2 cm³/mol. The quantitative estimate of drug-likeness (QED) is 0.788. The number of nitrogens with zero attached hydrogens (tertiary/aromatic N) is 2. The van der Waals surface area contributed by atoms with Gasteiger partial charge in [-0.1, -0.05) is 0 Å². The van der Waals surface area contributed by atoms with Crippen LogP contribution in [0.2, 0.25) is 0 Å². The molecule has 0 fully saturated rings. The molecule has 0 radical (unpaired) electrons. The lowest BCUT2D eigenvalue weighted by atomic mass is 10.2. The molecule has 20 heavy (non-hydrogen) atoms. The molecule has 1 aromatic heterocycles. The number of benzene rings is 1. The van der Waals surface area contributed by atoms with Gasteiger partial charge >= 0.3 is 5.97 Å². The number of ether oxygens (including phenoxy) is 2. The first-order valence-corrected chi connectivity index (χ1v) is 6.28. The van der Waals surface area contributed by atoms with E-state index in [0.717, 1.165) is 4.68 Å². The summed E-state index contributed by atoms with van der Waals surface area (Å²) in [6.45, 7) is -0.376. The lowest BCUT2D eigenvalue weighted by Crippen LogP contribution is -2.28. The number of methoxy groups -OCH3 is 2. The Hall–Kier alpha value is -1.96. The van der Waals surface area contributed by atoms with Crippen molar-refractivity contribution in [3.05, 3.63) is 32.8 Å². The topological polar surface area (TPSA) is 70.4 Å². The zero-order valence-corrected chi connectivity index (χ0v) is 12.2. The Morgan fingerprint density at radius 1 is 1.45 bits per heavy atom. The summed E-state index contributed by atoms with van der Waals surface area (Å²) in [4.78, 5) is 23.4. The van der Waals surface area contributed by atoms with Crippen molar-refractivity contribution in [1.29, 1.82) is 0 Å². The van der Waals surface area contributed by atoms with Crippen LogP contribution in [0.1, 0.15) is 0 Å². The van der Waals surface area contributed by atoms with Crippen molar-refractivity contribution >= 4 is 32.7 Å². The maximum absolute atomic E-state index is 14.1. The number of hydrogen-bond acceptors (Lipinski definition) is 5. The van der Waals surface area contributed by atoms with Crippen LogP contribution in [0, 0.1) is 5.82 Å². The molecule has 1 heterocycles. The molecule has 0 spiro atoms. The molecular formula is C12H10BrFN2O4. The molecule has 2 rings (SSSR count). The molecule has 0 N–H and O–H groups in total. The van der Waals surface area contributed by atoms with Gasteiger partial charge in [0.05, 0.1) is 29.5 Å². The fraction of sp³-hybridized carbons (Fsp3) is 0.250. The standard InChI is InChI=1S/C12H10BrFN2O4/c1-19-8(17)5-16-12(18)6-3-4-7(13)10(14)9(6)11(15-16)20-2/h3-4H,5H2,1-2H3. The largest absolute Gasteiger partial charge is 0.479 e. The van der Waals surface area contributed by atoms with Crippen LogP contribution in [0.4, 0.5) is 4.39 Å². The Labute approximate surface area is 121 Å². The molecular weight excluding hydrogens is 335 g/mol. The normalized spacial score (nSPS) is 10.6. The number of halogens is 2. The molecule has 8 heteroatoms. The van der Waals surface area contributed by atoms with E-state index in [1.807, 2.05) is 0 Å². The second-order valence-electron chi connectivity index (χ2n) is 3.83. The van der Waals surface area contributed by atoms with E-state index >= 15 is 0 Å². The number of esters is 1. The van der Waals surface area contributed by atoms with Gasteiger partial charge in [0.1, 0.15) is 6.54 Å². The number of fused-ring (bicyclic) bond motifs is 1. The molecule has 0 saturated heterocycles. The van der Waals surface area contributed by atoms with Crippen LogP contribution in [0.5, 0.6) is 5.88 Å². The molecule has 0 aliphatic rings. The maximum Gasteiger partial charge on any atom is 0.327 e. The lowest BCUT2D eigenvalue weighted by molar-refractivity contribution is -0.141. The first-order valence-electron chi connectivity index (χ1n) is 5.49. The highest BCUT2D eigenvalue weighted by Gasteiger charge is 2.18. The molecule has 0 aliphatic carbocycles. The van der Waals surface area contributed by atoms with Crippen molar-refractivity contribution in [2.75, 3.05) is 14.2 Å². The van der Waals surface area contributed by atoms with Crippen LogP contribution in [0.25, 0.3) is 10.8 Å². The second kappa shape index (κ2) is 5.58. The van der Waals surface area contributed by atoms with Gasteiger partial charge in [0.15, 0.2) is 5.82 Å². The van der Waals surface area contributed by atoms with Crippen molar-refractivity contribution in [1.82, 2.24) is 9.78 Å². The summed E-state index contributed by atoms with van der Waals surface area (Å²) < 4.78 is 24.6. The van der Waals surface area contributed by atoms with E-state index in [9.17, 15) is 14.0 Å². The lowest BCUT2D eigenvalue weighted by Gasteiger charge is -2.10. The van der Waals surface area contributed by atoms with Gasteiger partial charge in [-0.2, -0.15) is 0 Å². The Balaban J connectivity index is 2.77. The minimum atomic E-state index is -0.644. The number of carbonyl (C=O) groups excluding carboxylic acids is 1. The van der Waals surface area contributed by atoms with Gasteiger partial charge in [-0.3, -0.25) is 9.59 Å². The van der Waals surface area contributed by atoms with Crippen LogP contribution >= 0.6 is 15.9 Å². The molecule has 0 atom stereocenters. The summed E-state index contributed by atoms with van der Waals surface area (Å²) >= 11 is 3.03. The van der Waals surface area contributed by atoms with E-state index in [1.165, 1.54) is 26.4 Å². The van der Waals surface area contributed by atoms with Crippen molar-refractivity contribution in [3.63, 3.8) is 0 Å². The third-order valence-corrected chi connectivity index (χ3v) is 3.30. The van der Waals surface area contributed by atoms with Crippen molar-refractivity contribution in [3.8, 4) is 5.88 Å². The summed E-state index contributed by atoms with van der Waals surface area (Å²) in [5.74, 6) is -1.37. The van der Waals surface area contributed by atoms with Gasteiger partial charge in [-0.25, -0.2) is 9.07 Å². The first-order chi connectivity index (χ1) is 9.49. The zero-order chi connectivity index (χ0) is 14.9. The molecule has 1 aromatic carbocycles. The van der Waals surface area contributed by atoms with Gasteiger partial charge in [0.25, 0.3) is 5.56 Å². The van der Waals surface area contributed by atoms with Crippen LogP contribution in [0.3, 0.4) is 0 Å². The fourth-order valence-corrected chi connectivity index (χ4v) is 2.05. The van der Waals surface area contributed by atoms with E-state index in [1.54, 1.807) is 0 Å². The van der Waals surface area contributed by atoms with Crippen LogP contribution in [-0.2, 0) is 16.1 Å².